The minimum atomic E-state index is -0.210. The number of nitrogens with zero attached hydrogens (tertiary/aromatic N) is 2. The highest BCUT2D eigenvalue weighted by molar-refractivity contribution is 6.32. The Morgan fingerprint density at radius 3 is 2.50 bits per heavy atom. The number of hydrogen-bond acceptors (Lipinski definition) is 3. The molecule has 0 spiro atoms. The van der Waals surface area contributed by atoms with Crippen LogP contribution >= 0.6 is 11.6 Å². The molecule has 1 aromatic carbocycles. The van der Waals surface area contributed by atoms with E-state index >= 15 is 0 Å². The van der Waals surface area contributed by atoms with Crippen molar-refractivity contribution in [1.82, 2.24) is 4.90 Å². The fraction of sp³-hybridized carbons (Fsp3) is 0.500. The normalized spacial score (nSPS) is 10.2. The predicted octanol–water partition coefficient (Wildman–Crippen LogP) is 2.96. The molecule has 122 valence electrons. The number of halogens is 1. The molecule has 0 aromatic heterocycles. The molecular formula is C16H23ClN2O3. The molecule has 0 N–H and O–H groups in total. The van der Waals surface area contributed by atoms with Gasteiger partial charge in [-0.05, 0) is 24.6 Å². The van der Waals surface area contributed by atoms with E-state index in [1.54, 1.807) is 30.1 Å². The largest absolute Gasteiger partial charge is 0.495 e. The van der Waals surface area contributed by atoms with E-state index in [0.717, 1.165) is 12.8 Å². The lowest BCUT2D eigenvalue weighted by Gasteiger charge is -2.24. The summed E-state index contributed by atoms with van der Waals surface area (Å²) in [5.74, 6) is 0.217. The molecule has 0 aliphatic rings. The first-order chi connectivity index (χ1) is 10.4. The van der Waals surface area contributed by atoms with Crippen LogP contribution in [0.2, 0.25) is 5.02 Å². The fourth-order valence-electron chi connectivity index (χ4n) is 1.98. The standard InChI is InChI=1S/C16H23ClN2O3/c1-5-6-9-18(3)16(21)11-19(12(2)20)13-7-8-15(22-4)14(17)10-13/h7-8,10H,5-6,9,11H2,1-4H3. The van der Waals surface area contributed by atoms with E-state index in [9.17, 15) is 9.59 Å². The highest BCUT2D eigenvalue weighted by Gasteiger charge is 2.19. The van der Waals surface area contributed by atoms with Crippen molar-refractivity contribution < 1.29 is 14.3 Å². The van der Waals surface area contributed by atoms with Gasteiger partial charge < -0.3 is 14.5 Å². The van der Waals surface area contributed by atoms with Crippen LogP contribution in [0, 0.1) is 0 Å². The second kappa shape index (κ2) is 8.63. The van der Waals surface area contributed by atoms with Crippen molar-refractivity contribution in [3.05, 3.63) is 23.2 Å². The van der Waals surface area contributed by atoms with Gasteiger partial charge in [-0.25, -0.2) is 0 Å². The molecule has 0 unspecified atom stereocenters. The molecule has 1 rings (SSSR count). The van der Waals surface area contributed by atoms with Crippen molar-refractivity contribution in [2.45, 2.75) is 26.7 Å². The van der Waals surface area contributed by atoms with Crippen molar-refractivity contribution in [2.75, 3.05) is 32.1 Å². The van der Waals surface area contributed by atoms with Crippen molar-refractivity contribution in [3.63, 3.8) is 0 Å². The first kappa shape index (κ1) is 18.3. The molecule has 0 bridgehead atoms. The van der Waals surface area contributed by atoms with Crippen LogP contribution in [0.5, 0.6) is 5.75 Å². The summed E-state index contributed by atoms with van der Waals surface area (Å²) in [6.45, 7) is 4.18. The molecule has 5 nitrogen and oxygen atoms in total. The molecule has 0 aliphatic heterocycles. The van der Waals surface area contributed by atoms with Crippen LogP contribution in [-0.2, 0) is 9.59 Å². The number of carbonyl (C=O) groups is 2. The molecule has 6 heteroatoms. The van der Waals surface area contributed by atoms with Crippen LogP contribution in [0.25, 0.3) is 0 Å². The zero-order valence-electron chi connectivity index (χ0n) is 13.6. The van der Waals surface area contributed by atoms with E-state index in [2.05, 4.69) is 6.92 Å². The lowest BCUT2D eigenvalue weighted by atomic mass is 10.2. The number of unbranched alkanes of at least 4 members (excludes halogenated alkanes) is 1. The predicted molar refractivity (Wildman–Crippen MR) is 88.6 cm³/mol. The maximum Gasteiger partial charge on any atom is 0.242 e. The van der Waals surface area contributed by atoms with E-state index in [-0.39, 0.29) is 18.4 Å². The molecule has 0 aliphatic carbocycles. The van der Waals surface area contributed by atoms with E-state index in [0.29, 0.717) is 23.0 Å². The van der Waals surface area contributed by atoms with Gasteiger partial charge in [-0.1, -0.05) is 24.9 Å². The molecule has 22 heavy (non-hydrogen) atoms. The van der Waals surface area contributed by atoms with Gasteiger partial charge in [-0.2, -0.15) is 0 Å². The van der Waals surface area contributed by atoms with Gasteiger partial charge in [0.2, 0.25) is 11.8 Å². The lowest BCUT2D eigenvalue weighted by molar-refractivity contribution is -0.130. The Bertz CT molecular complexity index is 534. The molecule has 0 saturated carbocycles. The molecule has 0 heterocycles. The highest BCUT2D eigenvalue weighted by Crippen LogP contribution is 2.29. The third kappa shape index (κ3) is 4.91. The molecule has 1 aromatic rings. The van der Waals surface area contributed by atoms with Gasteiger partial charge in [0.15, 0.2) is 0 Å². The van der Waals surface area contributed by atoms with Crippen LogP contribution in [0.15, 0.2) is 18.2 Å². The average molecular weight is 327 g/mol. The Hall–Kier alpha value is -1.75. The van der Waals surface area contributed by atoms with Gasteiger partial charge >= 0.3 is 0 Å². The number of carbonyl (C=O) groups excluding carboxylic acids is 2. The smallest absolute Gasteiger partial charge is 0.242 e. The summed E-state index contributed by atoms with van der Waals surface area (Å²) >= 11 is 6.09. The highest BCUT2D eigenvalue weighted by atomic mass is 35.5. The van der Waals surface area contributed by atoms with Crippen molar-refractivity contribution in [1.29, 1.82) is 0 Å². The van der Waals surface area contributed by atoms with Crippen LogP contribution in [-0.4, -0.2) is 44.0 Å². The third-order valence-electron chi connectivity index (χ3n) is 3.39. The second-order valence-corrected chi connectivity index (χ2v) is 5.50. The molecule has 0 saturated heterocycles. The summed E-state index contributed by atoms with van der Waals surface area (Å²) in [6.07, 6.45) is 1.96. The van der Waals surface area contributed by atoms with E-state index in [1.807, 2.05) is 0 Å². The summed E-state index contributed by atoms with van der Waals surface area (Å²) in [7, 11) is 3.27. The molecule has 0 radical (unpaired) electrons. The van der Waals surface area contributed by atoms with Crippen molar-refractivity contribution in [2.24, 2.45) is 0 Å². The van der Waals surface area contributed by atoms with Crippen LogP contribution < -0.4 is 9.64 Å². The van der Waals surface area contributed by atoms with E-state index in [1.165, 1.54) is 18.9 Å². The number of likely N-dealkylation sites (N-methyl/N-ethyl adjacent to an activating group) is 1. The maximum atomic E-state index is 12.2. The number of methoxy groups -OCH3 is 1. The SMILES string of the molecule is CCCCN(C)C(=O)CN(C(C)=O)c1ccc(OC)c(Cl)c1. The van der Waals surface area contributed by atoms with Gasteiger partial charge in [-0.15, -0.1) is 0 Å². The van der Waals surface area contributed by atoms with Crippen LogP contribution in [0.3, 0.4) is 0 Å². The number of amides is 2. The quantitative estimate of drug-likeness (QED) is 0.774. The van der Waals surface area contributed by atoms with Gasteiger partial charge in [0.25, 0.3) is 0 Å². The van der Waals surface area contributed by atoms with Gasteiger partial charge in [0, 0.05) is 26.2 Å². The summed E-state index contributed by atoms with van der Waals surface area (Å²) < 4.78 is 5.09. The lowest BCUT2D eigenvalue weighted by Crippen LogP contribution is -2.41. The topological polar surface area (TPSA) is 49.9 Å². The van der Waals surface area contributed by atoms with Crippen molar-refractivity contribution in [3.8, 4) is 5.75 Å². The zero-order valence-corrected chi connectivity index (χ0v) is 14.3. The Labute approximate surface area is 136 Å². The van der Waals surface area contributed by atoms with Crippen molar-refractivity contribution >= 4 is 29.1 Å². The van der Waals surface area contributed by atoms with E-state index < -0.39 is 0 Å². The molecule has 0 atom stereocenters. The first-order valence-corrected chi connectivity index (χ1v) is 7.64. The fourth-order valence-corrected chi connectivity index (χ4v) is 2.24. The molecule has 2 amide bonds. The van der Waals surface area contributed by atoms with Crippen LogP contribution in [0.4, 0.5) is 5.69 Å². The monoisotopic (exact) mass is 326 g/mol. The Kier molecular flexibility index (Phi) is 7.18. The van der Waals surface area contributed by atoms with Gasteiger partial charge in [0.05, 0.1) is 12.1 Å². The summed E-state index contributed by atoms with van der Waals surface area (Å²) in [6, 6.07) is 5.02. The molecular weight excluding hydrogens is 304 g/mol. The summed E-state index contributed by atoms with van der Waals surface area (Å²) in [4.78, 5) is 27.1. The Balaban J connectivity index is 2.88. The van der Waals surface area contributed by atoms with Crippen LogP contribution in [0.1, 0.15) is 26.7 Å². The third-order valence-corrected chi connectivity index (χ3v) is 3.69. The first-order valence-electron chi connectivity index (χ1n) is 7.26. The maximum absolute atomic E-state index is 12.2. The summed E-state index contributed by atoms with van der Waals surface area (Å²) in [5, 5.41) is 0.401. The minimum Gasteiger partial charge on any atom is -0.495 e. The Morgan fingerprint density at radius 1 is 1.32 bits per heavy atom. The minimum absolute atomic E-state index is 0.00178. The zero-order chi connectivity index (χ0) is 16.7. The van der Waals surface area contributed by atoms with Gasteiger partial charge in [-0.3, -0.25) is 9.59 Å². The summed E-state index contributed by atoms with van der Waals surface area (Å²) in [5.41, 5.74) is 0.579. The van der Waals surface area contributed by atoms with Gasteiger partial charge in [0.1, 0.15) is 12.3 Å². The number of rotatable bonds is 7. The number of anilines is 1. The number of ether oxygens (including phenoxy) is 1. The average Bonchev–Trinajstić information content (AvgIpc) is 2.49. The Morgan fingerprint density at radius 2 is 2.00 bits per heavy atom. The number of hydrogen-bond donors (Lipinski definition) is 0. The molecule has 0 fully saturated rings. The van der Waals surface area contributed by atoms with E-state index in [4.69, 9.17) is 16.3 Å². The number of benzene rings is 1. The second-order valence-electron chi connectivity index (χ2n) is 5.09.